The molecule has 2 aromatic rings. The SMILES string of the molecule is CN(Cc1c(Cl)cccc1Cl)c1ccccc1C(=N)N. The van der Waals surface area contributed by atoms with E-state index < -0.39 is 0 Å². The number of hydrogen-bond donors (Lipinski definition) is 2. The number of anilines is 1. The first kappa shape index (κ1) is 14.7. The lowest BCUT2D eigenvalue weighted by Gasteiger charge is -2.23. The van der Waals surface area contributed by atoms with Crippen molar-refractivity contribution in [3.8, 4) is 0 Å². The van der Waals surface area contributed by atoms with E-state index in [0.29, 0.717) is 22.2 Å². The molecule has 0 fully saturated rings. The normalized spacial score (nSPS) is 10.3. The number of hydrogen-bond acceptors (Lipinski definition) is 2. The highest BCUT2D eigenvalue weighted by atomic mass is 35.5. The topological polar surface area (TPSA) is 53.1 Å². The zero-order valence-corrected chi connectivity index (χ0v) is 12.5. The highest BCUT2D eigenvalue weighted by Crippen LogP contribution is 2.28. The van der Waals surface area contributed by atoms with E-state index in [-0.39, 0.29) is 5.84 Å². The van der Waals surface area contributed by atoms with E-state index in [9.17, 15) is 0 Å². The van der Waals surface area contributed by atoms with Gasteiger partial charge >= 0.3 is 0 Å². The van der Waals surface area contributed by atoms with Gasteiger partial charge < -0.3 is 10.6 Å². The van der Waals surface area contributed by atoms with Crippen molar-refractivity contribution >= 4 is 34.7 Å². The summed E-state index contributed by atoms with van der Waals surface area (Å²) >= 11 is 12.4. The molecule has 0 atom stereocenters. The molecule has 5 heteroatoms. The monoisotopic (exact) mass is 307 g/mol. The molecule has 0 aliphatic heterocycles. The van der Waals surface area contributed by atoms with Gasteiger partial charge in [0, 0.05) is 40.5 Å². The van der Waals surface area contributed by atoms with Gasteiger partial charge in [-0.3, -0.25) is 5.41 Å². The van der Waals surface area contributed by atoms with E-state index in [1.54, 1.807) is 0 Å². The van der Waals surface area contributed by atoms with Gasteiger partial charge in [0.2, 0.25) is 0 Å². The molecule has 0 aromatic heterocycles. The molecule has 2 aromatic carbocycles. The quantitative estimate of drug-likeness (QED) is 0.664. The second-order valence-corrected chi connectivity index (χ2v) is 5.30. The maximum Gasteiger partial charge on any atom is 0.124 e. The van der Waals surface area contributed by atoms with Gasteiger partial charge in [0.25, 0.3) is 0 Å². The molecule has 0 unspecified atom stereocenters. The zero-order valence-electron chi connectivity index (χ0n) is 11.0. The van der Waals surface area contributed by atoms with Crippen LogP contribution in [0.15, 0.2) is 42.5 Å². The molecular formula is C15H15Cl2N3. The Morgan fingerprint density at radius 1 is 1.10 bits per heavy atom. The summed E-state index contributed by atoms with van der Waals surface area (Å²) in [4.78, 5) is 1.98. The van der Waals surface area contributed by atoms with Crippen molar-refractivity contribution in [1.82, 2.24) is 0 Å². The van der Waals surface area contributed by atoms with Crippen LogP contribution in [0.5, 0.6) is 0 Å². The van der Waals surface area contributed by atoms with Gasteiger partial charge in [0.05, 0.1) is 0 Å². The highest BCUT2D eigenvalue weighted by molar-refractivity contribution is 6.36. The number of halogens is 2. The molecule has 0 spiro atoms. The molecule has 3 N–H and O–H groups in total. The number of benzene rings is 2. The molecule has 0 saturated carbocycles. The van der Waals surface area contributed by atoms with E-state index >= 15 is 0 Å². The summed E-state index contributed by atoms with van der Waals surface area (Å²) in [5.74, 6) is 0.0395. The standard InChI is InChI=1S/C15H15Cl2N3/c1-20(9-11-12(16)6-4-7-13(11)17)14-8-3-2-5-10(14)15(18)19/h2-8H,9H2,1H3,(H3,18,19). The molecule has 0 amide bonds. The third kappa shape index (κ3) is 3.06. The van der Waals surface area contributed by atoms with Gasteiger partial charge in [0.1, 0.15) is 5.84 Å². The predicted molar refractivity (Wildman–Crippen MR) is 86.0 cm³/mol. The van der Waals surface area contributed by atoms with Crippen LogP contribution in [0, 0.1) is 5.41 Å². The summed E-state index contributed by atoms with van der Waals surface area (Å²) in [6.45, 7) is 0.544. The summed E-state index contributed by atoms with van der Waals surface area (Å²) in [6.07, 6.45) is 0. The van der Waals surface area contributed by atoms with E-state index in [1.807, 2.05) is 54.4 Å². The Morgan fingerprint density at radius 3 is 2.30 bits per heavy atom. The number of nitrogens with one attached hydrogen (secondary N) is 1. The smallest absolute Gasteiger partial charge is 0.124 e. The maximum absolute atomic E-state index is 7.63. The summed E-state index contributed by atoms with van der Waals surface area (Å²) < 4.78 is 0. The Kier molecular flexibility index (Phi) is 4.53. The Morgan fingerprint density at radius 2 is 1.70 bits per heavy atom. The second kappa shape index (κ2) is 6.16. The minimum atomic E-state index is 0.0395. The first-order chi connectivity index (χ1) is 9.50. The molecule has 0 radical (unpaired) electrons. The first-order valence-corrected chi connectivity index (χ1v) is 6.83. The molecule has 0 saturated heterocycles. The van der Waals surface area contributed by atoms with Gasteiger partial charge in [-0.2, -0.15) is 0 Å². The van der Waals surface area contributed by atoms with Gasteiger partial charge in [-0.15, -0.1) is 0 Å². The third-order valence-electron chi connectivity index (χ3n) is 3.06. The molecule has 2 rings (SSSR count). The van der Waals surface area contributed by atoms with Crippen molar-refractivity contribution < 1.29 is 0 Å². The fraction of sp³-hybridized carbons (Fsp3) is 0.133. The molecule has 3 nitrogen and oxygen atoms in total. The lowest BCUT2D eigenvalue weighted by molar-refractivity contribution is 0.921. The number of amidine groups is 1. The Bertz CT molecular complexity index is 621. The largest absolute Gasteiger partial charge is 0.384 e. The lowest BCUT2D eigenvalue weighted by atomic mass is 10.1. The summed E-state index contributed by atoms with van der Waals surface area (Å²) in [6, 6.07) is 12.9. The van der Waals surface area contributed by atoms with Crippen molar-refractivity contribution in [3.63, 3.8) is 0 Å². The fourth-order valence-corrected chi connectivity index (χ4v) is 2.56. The van der Waals surface area contributed by atoms with Crippen molar-refractivity contribution in [2.24, 2.45) is 5.73 Å². The second-order valence-electron chi connectivity index (χ2n) is 4.49. The molecule has 0 aliphatic rings. The van der Waals surface area contributed by atoms with Crippen LogP contribution < -0.4 is 10.6 Å². The van der Waals surface area contributed by atoms with E-state index in [4.69, 9.17) is 34.3 Å². The zero-order chi connectivity index (χ0) is 14.7. The fourth-order valence-electron chi connectivity index (χ4n) is 2.04. The van der Waals surface area contributed by atoms with Crippen molar-refractivity contribution in [1.29, 1.82) is 5.41 Å². The first-order valence-electron chi connectivity index (χ1n) is 6.08. The molecule has 0 aliphatic carbocycles. The molecular weight excluding hydrogens is 293 g/mol. The van der Waals surface area contributed by atoms with E-state index in [0.717, 1.165) is 11.3 Å². The third-order valence-corrected chi connectivity index (χ3v) is 3.77. The molecule has 0 bridgehead atoms. The number of nitrogens with two attached hydrogens (primary N) is 1. The number of nitrogen functional groups attached to an aromatic ring is 1. The van der Waals surface area contributed by atoms with E-state index in [2.05, 4.69) is 0 Å². The number of para-hydroxylation sites is 1. The van der Waals surface area contributed by atoms with Crippen LogP contribution in [0.3, 0.4) is 0 Å². The number of rotatable bonds is 4. The van der Waals surface area contributed by atoms with Crippen LogP contribution in [-0.4, -0.2) is 12.9 Å². The van der Waals surface area contributed by atoms with Crippen LogP contribution in [0.2, 0.25) is 10.0 Å². The van der Waals surface area contributed by atoms with Crippen LogP contribution in [-0.2, 0) is 6.54 Å². The lowest BCUT2D eigenvalue weighted by Crippen LogP contribution is -2.22. The van der Waals surface area contributed by atoms with Crippen LogP contribution >= 0.6 is 23.2 Å². The maximum atomic E-state index is 7.63. The van der Waals surface area contributed by atoms with Crippen molar-refractivity contribution in [3.05, 3.63) is 63.6 Å². The molecule has 0 heterocycles. The van der Waals surface area contributed by atoms with E-state index in [1.165, 1.54) is 0 Å². The molecule has 104 valence electrons. The molecule has 20 heavy (non-hydrogen) atoms. The van der Waals surface area contributed by atoms with Crippen LogP contribution in [0.25, 0.3) is 0 Å². The average molecular weight is 308 g/mol. The van der Waals surface area contributed by atoms with Crippen molar-refractivity contribution in [2.45, 2.75) is 6.54 Å². The van der Waals surface area contributed by atoms with Gasteiger partial charge in [-0.1, -0.05) is 41.4 Å². The van der Waals surface area contributed by atoms with Gasteiger partial charge in [-0.25, -0.2) is 0 Å². The van der Waals surface area contributed by atoms with Gasteiger partial charge in [0.15, 0.2) is 0 Å². The number of nitrogens with zero attached hydrogens (tertiary/aromatic N) is 1. The predicted octanol–water partition coefficient (Wildman–Crippen LogP) is 3.91. The minimum Gasteiger partial charge on any atom is -0.384 e. The average Bonchev–Trinajstić information content (AvgIpc) is 2.43. The summed E-state index contributed by atoms with van der Waals surface area (Å²) in [5, 5.41) is 8.89. The Balaban J connectivity index is 2.34. The van der Waals surface area contributed by atoms with Crippen LogP contribution in [0.1, 0.15) is 11.1 Å². The summed E-state index contributed by atoms with van der Waals surface area (Å²) in [7, 11) is 1.92. The highest BCUT2D eigenvalue weighted by Gasteiger charge is 2.12. The van der Waals surface area contributed by atoms with Crippen LogP contribution in [0.4, 0.5) is 5.69 Å². The Labute approximate surface area is 128 Å². The minimum absolute atomic E-state index is 0.0395. The summed E-state index contributed by atoms with van der Waals surface area (Å²) in [5.41, 5.74) is 8.03. The van der Waals surface area contributed by atoms with Gasteiger partial charge in [-0.05, 0) is 24.3 Å². The van der Waals surface area contributed by atoms with Crippen molar-refractivity contribution in [2.75, 3.05) is 11.9 Å². The Hall–Kier alpha value is -1.71.